The molecule has 3 heteroatoms. The van der Waals surface area contributed by atoms with Crippen LogP contribution in [0.15, 0.2) is 24.3 Å². The predicted octanol–water partition coefficient (Wildman–Crippen LogP) is 2.00. The molecule has 1 heterocycles. The van der Waals surface area contributed by atoms with Crippen molar-refractivity contribution in [2.75, 3.05) is 19.6 Å². The van der Waals surface area contributed by atoms with Crippen molar-refractivity contribution in [2.45, 2.75) is 38.6 Å². The molecule has 1 N–H and O–H groups in total. The van der Waals surface area contributed by atoms with Crippen LogP contribution in [0.2, 0.25) is 0 Å². The van der Waals surface area contributed by atoms with Gasteiger partial charge in [-0.25, -0.2) is 0 Å². The molecule has 1 unspecified atom stereocenters. The minimum atomic E-state index is 0.161. The molecule has 2 aliphatic rings. The predicted molar refractivity (Wildman–Crippen MR) is 80.6 cm³/mol. The standard InChI is InChI=1S/C17H24N2O/c1-2-19(12-16-8-5-9-18-16)17(20)15-10-13-6-3-4-7-14(13)11-15/h3-4,6-7,15-16,18H,2,5,8-12H2,1H3. The summed E-state index contributed by atoms with van der Waals surface area (Å²) < 4.78 is 0. The van der Waals surface area contributed by atoms with E-state index in [2.05, 4.69) is 41.4 Å². The summed E-state index contributed by atoms with van der Waals surface area (Å²) in [5.41, 5.74) is 2.72. The van der Waals surface area contributed by atoms with Crippen LogP contribution >= 0.6 is 0 Å². The van der Waals surface area contributed by atoms with E-state index in [1.54, 1.807) is 0 Å². The van der Waals surface area contributed by atoms with Gasteiger partial charge in [0.2, 0.25) is 5.91 Å². The lowest BCUT2D eigenvalue weighted by atomic mass is 10.0. The topological polar surface area (TPSA) is 32.3 Å². The maximum Gasteiger partial charge on any atom is 0.226 e. The molecule has 1 atom stereocenters. The summed E-state index contributed by atoms with van der Waals surface area (Å²) in [5.74, 6) is 0.506. The van der Waals surface area contributed by atoms with Crippen LogP contribution in [0.5, 0.6) is 0 Å². The number of amides is 1. The van der Waals surface area contributed by atoms with E-state index in [-0.39, 0.29) is 5.92 Å². The van der Waals surface area contributed by atoms with Crippen molar-refractivity contribution in [3.8, 4) is 0 Å². The van der Waals surface area contributed by atoms with Crippen molar-refractivity contribution in [3.05, 3.63) is 35.4 Å². The van der Waals surface area contributed by atoms with Crippen LogP contribution in [0.3, 0.4) is 0 Å². The van der Waals surface area contributed by atoms with Crippen LogP contribution in [0.1, 0.15) is 30.9 Å². The molecule has 20 heavy (non-hydrogen) atoms. The first kappa shape index (κ1) is 13.6. The fourth-order valence-electron chi connectivity index (χ4n) is 3.55. The summed E-state index contributed by atoms with van der Waals surface area (Å²) in [7, 11) is 0. The largest absolute Gasteiger partial charge is 0.341 e. The second kappa shape index (κ2) is 5.96. The molecule has 3 nitrogen and oxygen atoms in total. The van der Waals surface area contributed by atoms with E-state index < -0.39 is 0 Å². The summed E-state index contributed by atoms with van der Waals surface area (Å²) in [4.78, 5) is 14.8. The van der Waals surface area contributed by atoms with Crippen molar-refractivity contribution < 1.29 is 4.79 Å². The van der Waals surface area contributed by atoms with Crippen molar-refractivity contribution in [1.29, 1.82) is 0 Å². The Hall–Kier alpha value is -1.35. The van der Waals surface area contributed by atoms with Crippen LogP contribution in [0.25, 0.3) is 0 Å². The number of benzene rings is 1. The van der Waals surface area contributed by atoms with Gasteiger partial charge in [0.15, 0.2) is 0 Å². The van der Waals surface area contributed by atoms with Crippen molar-refractivity contribution >= 4 is 5.91 Å². The molecule has 1 aromatic carbocycles. The number of hydrogen-bond acceptors (Lipinski definition) is 2. The van der Waals surface area contributed by atoms with E-state index in [1.165, 1.54) is 24.0 Å². The zero-order valence-corrected chi connectivity index (χ0v) is 12.3. The van der Waals surface area contributed by atoms with Gasteiger partial charge >= 0.3 is 0 Å². The second-order valence-corrected chi connectivity index (χ2v) is 6.04. The number of hydrogen-bond donors (Lipinski definition) is 1. The van der Waals surface area contributed by atoms with Gasteiger partial charge in [-0.2, -0.15) is 0 Å². The van der Waals surface area contributed by atoms with Crippen LogP contribution < -0.4 is 5.32 Å². The molecule has 1 saturated heterocycles. The number of carbonyl (C=O) groups excluding carboxylic acids is 1. The van der Waals surface area contributed by atoms with E-state index >= 15 is 0 Å². The monoisotopic (exact) mass is 272 g/mol. The number of rotatable bonds is 4. The van der Waals surface area contributed by atoms with Crippen molar-refractivity contribution in [3.63, 3.8) is 0 Å². The molecule has 0 radical (unpaired) electrons. The fraction of sp³-hybridized carbons (Fsp3) is 0.588. The molecule has 0 aromatic heterocycles. The van der Waals surface area contributed by atoms with Gasteiger partial charge in [0.25, 0.3) is 0 Å². The smallest absolute Gasteiger partial charge is 0.226 e. The number of nitrogens with one attached hydrogen (secondary N) is 1. The Bertz CT molecular complexity index is 455. The number of nitrogens with zero attached hydrogens (tertiary/aromatic N) is 1. The van der Waals surface area contributed by atoms with E-state index in [4.69, 9.17) is 0 Å². The van der Waals surface area contributed by atoms with Gasteiger partial charge in [0, 0.05) is 25.0 Å². The molecular formula is C17H24N2O. The first-order chi connectivity index (χ1) is 9.78. The normalized spacial score (nSPS) is 21.9. The Morgan fingerprint density at radius 2 is 2.00 bits per heavy atom. The summed E-state index contributed by atoms with van der Waals surface area (Å²) in [6.45, 7) is 4.90. The van der Waals surface area contributed by atoms with Gasteiger partial charge in [-0.15, -0.1) is 0 Å². The highest BCUT2D eigenvalue weighted by Crippen LogP contribution is 2.28. The van der Waals surface area contributed by atoms with E-state index in [9.17, 15) is 4.79 Å². The van der Waals surface area contributed by atoms with E-state index in [1.807, 2.05) is 0 Å². The zero-order valence-electron chi connectivity index (χ0n) is 12.3. The molecule has 3 rings (SSSR count). The van der Waals surface area contributed by atoms with E-state index in [0.29, 0.717) is 11.9 Å². The lowest BCUT2D eigenvalue weighted by Crippen LogP contribution is -2.43. The molecule has 108 valence electrons. The Kier molecular flexibility index (Phi) is 4.06. The maximum atomic E-state index is 12.7. The van der Waals surface area contributed by atoms with Crippen LogP contribution in [0.4, 0.5) is 0 Å². The minimum Gasteiger partial charge on any atom is -0.341 e. The fourth-order valence-corrected chi connectivity index (χ4v) is 3.55. The first-order valence-electron chi connectivity index (χ1n) is 7.87. The number of carbonyl (C=O) groups is 1. The Balaban J connectivity index is 1.63. The SMILES string of the molecule is CCN(CC1CCCN1)C(=O)C1Cc2ccccc2C1. The average molecular weight is 272 g/mol. The van der Waals surface area contributed by atoms with Gasteiger partial charge in [0.1, 0.15) is 0 Å². The summed E-state index contributed by atoms with van der Waals surface area (Å²) in [6, 6.07) is 8.98. The number of likely N-dealkylation sites (N-methyl/N-ethyl adjacent to an activating group) is 1. The molecule has 1 amide bonds. The second-order valence-electron chi connectivity index (χ2n) is 6.04. The highest BCUT2D eigenvalue weighted by atomic mass is 16.2. The Morgan fingerprint density at radius 1 is 1.30 bits per heavy atom. The Morgan fingerprint density at radius 3 is 2.55 bits per heavy atom. The lowest BCUT2D eigenvalue weighted by Gasteiger charge is -2.27. The molecular weight excluding hydrogens is 248 g/mol. The average Bonchev–Trinajstić information content (AvgIpc) is 3.12. The minimum absolute atomic E-state index is 0.161. The molecule has 1 aliphatic heterocycles. The van der Waals surface area contributed by atoms with Crippen LogP contribution in [0, 0.1) is 5.92 Å². The molecule has 0 bridgehead atoms. The van der Waals surface area contributed by atoms with E-state index in [0.717, 1.165) is 32.5 Å². The third-order valence-corrected chi connectivity index (χ3v) is 4.70. The third-order valence-electron chi connectivity index (χ3n) is 4.70. The maximum absolute atomic E-state index is 12.7. The van der Waals surface area contributed by atoms with Crippen molar-refractivity contribution in [1.82, 2.24) is 10.2 Å². The lowest BCUT2D eigenvalue weighted by molar-refractivity contribution is -0.135. The van der Waals surface area contributed by atoms with Gasteiger partial charge in [-0.3, -0.25) is 4.79 Å². The van der Waals surface area contributed by atoms with Crippen LogP contribution in [-0.2, 0) is 17.6 Å². The van der Waals surface area contributed by atoms with Gasteiger partial charge in [-0.1, -0.05) is 24.3 Å². The first-order valence-corrected chi connectivity index (χ1v) is 7.87. The van der Waals surface area contributed by atoms with Crippen molar-refractivity contribution in [2.24, 2.45) is 5.92 Å². The highest BCUT2D eigenvalue weighted by molar-refractivity contribution is 5.80. The molecule has 0 saturated carbocycles. The van der Waals surface area contributed by atoms with Gasteiger partial charge < -0.3 is 10.2 Å². The van der Waals surface area contributed by atoms with Gasteiger partial charge in [-0.05, 0) is 50.3 Å². The molecule has 0 spiro atoms. The quantitative estimate of drug-likeness (QED) is 0.909. The summed E-state index contributed by atoms with van der Waals surface area (Å²) >= 11 is 0. The molecule has 1 fully saturated rings. The summed E-state index contributed by atoms with van der Waals surface area (Å²) in [6.07, 6.45) is 4.28. The van der Waals surface area contributed by atoms with Gasteiger partial charge in [0.05, 0.1) is 0 Å². The molecule has 1 aromatic rings. The zero-order chi connectivity index (χ0) is 13.9. The van der Waals surface area contributed by atoms with Crippen LogP contribution in [-0.4, -0.2) is 36.5 Å². The Labute approximate surface area is 121 Å². The number of fused-ring (bicyclic) bond motifs is 1. The molecule has 1 aliphatic carbocycles. The summed E-state index contributed by atoms with van der Waals surface area (Å²) in [5, 5.41) is 3.49. The third kappa shape index (κ3) is 2.73. The highest BCUT2D eigenvalue weighted by Gasteiger charge is 2.31.